The lowest BCUT2D eigenvalue weighted by Gasteiger charge is -2.34. The monoisotopic (exact) mass is 498 g/mol. The average molecular weight is 499 g/mol. The van der Waals surface area contributed by atoms with E-state index in [1.54, 1.807) is 23.4 Å². The quantitative estimate of drug-likeness (QED) is 0.426. The SMILES string of the molecule is O=C(c1cc(-c2ccncc2)nc2ccccc12)N1CCN(S(=O)(=O)c2ccc3c(c2)CCC3)CC1. The molecule has 2 aromatic carbocycles. The molecule has 0 spiro atoms. The van der Waals surface area contributed by atoms with E-state index in [1.807, 2.05) is 54.6 Å². The summed E-state index contributed by atoms with van der Waals surface area (Å²) in [5.41, 5.74) is 5.29. The third-order valence-electron chi connectivity index (χ3n) is 7.16. The Morgan fingerprint density at radius 1 is 0.833 bits per heavy atom. The van der Waals surface area contributed by atoms with Crippen LogP contribution in [0.15, 0.2) is 78.0 Å². The molecule has 2 aromatic heterocycles. The van der Waals surface area contributed by atoms with Crippen LogP contribution in [0.4, 0.5) is 0 Å². The average Bonchev–Trinajstić information content (AvgIpc) is 3.41. The molecule has 6 rings (SSSR count). The summed E-state index contributed by atoms with van der Waals surface area (Å²) in [6, 6.07) is 18.7. The van der Waals surface area contributed by atoms with Gasteiger partial charge in [0, 0.05) is 49.5 Å². The lowest BCUT2D eigenvalue weighted by atomic mass is 10.0. The van der Waals surface area contributed by atoms with E-state index in [0.29, 0.717) is 29.2 Å². The molecule has 1 fully saturated rings. The zero-order chi connectivity index (χ0) is 24.7. The number of fused-ring (bicyclic) bond motifs is 2. The first-order valence-corrected chi connectivity index (χ1v) is 13.7. The van der Waals surface area contributed by atoms with Gasteiger partial charge in [-0.2, -0.15) is 4.31 Å². The number of carbonyl (C=O) groups excluding carboxylic acids is 1. The van der Waals surface area contributed by atoms with Crippen molar-refractivity contribution in [1.29, 1.82) is 0 Å². The van der Waals surface area contributed by atoms with Crippen LogP contribution in [0.5, 0.6) is 0 Å². The fourth-order valence-electron chi connectivity index (χ4n) is 5.18. The van der Waals surface area contributed by atoms with Crippen LogP contribution in [0.1, 0.15) is 27.9 Å². The van der Waals surface area contributed by atoms with Crippen molar-refractivity contribution in [2.24, 2.45) is 0 Å². The number of para-hydroxylation sites is 1. The molecule has 4 aromatic rings. The largest absolute Gasteiger partial charge is 0.336 e. The van der Waals surface area contributed by atoms with Gasteiger partial charge in [0.25, 0.3) is 5.91 Å². The number of rotatable bonds is 4. The molecule has 1 saturated heterocycles. The number of hydrogen-bond donors (Lipinski definition) is 0. The Bertz CT molecular complexity index is 1560. The van der Waals surface area contributed by atoms with Crippen LogP contribution in [-0.2, 0) is 22.9 Å². The van der Waals surface area contributed by atoms with Crippen molar-refractivity contribution in [3.63, 3.8) is 0 Å². The maximum Gasteiger partial charge on any atom is 0.254 e. The number of nitrogens with zero attached hydrogens (tertiary/aromatic N) is 4. The van der Waals surface area contributed by atoms with Crippen molar-refractivity contribution in [3.8, 4) is 11.3 Å². The van der Waals surface area contributed by atoms with E-state index < -0.39 is 10.0 Å². The number of aryl methyl sites for hydroxylation is 2. The smallest absolute Gasteiger partial charge is 0.254 e. The zero-order valence-corrected chi connectivity index (χ0v) is 20.6. The molecule has 182 valence electrons. The first-order valence-electron chi connectivity index (χ1n) is 12.2. The first kappa shape index (κ1) is 22.8. The highest BCUT2D eigenvalue weighted by molar-refractivity contribution is 7.89. The van der Waals surface area contributed by atoms with Gasteiger partial charge in [-0.3, -0.25) is 9.78 Å². The molecular formula is C28H26N4O3S. The Morgan fingerprint density at radius 3 is 2.39 bits per heavy atom. The van der Waals surface area contributed by atoms with Gasteiger partial charge in [0.15, 0.2) is 0 Å². The number of aromatic nitrogens is 2. The van der Waals surface area contributed by atoms with E-state index in [2.05, 4.69) is 4.98 Å². The van der Waals surface area contributed by atoms with Crippen LogP contribution in [0.25, 0.3) is 22.2 Å². The first-order chi connectivity index (χ1) is 17.5. The minimum Gasteiger partial charge on any atom is -0.336 e. The van der Waals surface area contributed by atoms with Gasteiger partial charge in [-0.05, 0) is 66.8 Å². The van der Waals surface area contributed by atoms with Gasteiger partial charge < -0.3 is 4.90 Å². The van der Waals surface area contributed by atoms with Crippen LogP contribution in [-0.4, -0.2) is 59.7 Å². The number of benzene rings is 2. The van der Waals surface area contributed by atoms with Gasteiger partial charge in [-0.25, -0.2) is 13.4 Å². The van der Waals surface area contributed by atoms with Crippen LogP contribution in [0.3, 0.4) is 0 Å². The van der Waals surface area contributed by atoms with Crippen LogP contribution >= 0.6 is 0 Å². The maximum absolute atomic E-state index is 13.7. The summed E-state index contributed by atoms with van der Waals surface area (Å²) in [7, 11) is -3.60. The summed E-state index contributed by atoms with van der Waals surface area (Å²) < 4.78 is 28.1. The Kier molecular flexibility index (Phi) is 5.78. The summed E-state index contributed by atoms with van der Waals surface area (Å²) in [5, 5.41) is 0.786. The fourth-order valence-corrected chi connectivity index (χ4v) is 6.66. The molecule has 0 atom stereocenters. The molecular weight excluding hydrogens is 472 g/mol. The second-order valence-electron chi connectivity index (χ2n) is 9.29. The van der Waals surface area contributed by atoms with Crippen molar-refractivity contribution in [1.82, 2.24) is 19.2 Å². The number of sulfonamides is 1. The predicted octanol–water partition coefficient (Wildman–Crippen LogP) is 3.93. The second-order valence-corrected chi connectivity index (χ2v) is 11.2. The Morgan fingerprint density at radius 2 is 1.58 bits per heavy atom. The molecule has 0 N–H and O–H groups in total. The van der Waals surface area contributed by atoms with Gasteiger partial charge in [0.05, 0.1) is 21.7 Å². The normalized spacial score (nSPS) is 16.3. The van der Waals surface area contributed by atoms with Crippen molar-refractivity contribution in [2.75, 3.05) is 26.2 Å². The minimum absolute atomic E-state index is 0.113. The number of hydrogen-bond acceptors (Lipinski definition) is 5. The standard InChI is InChI=1S/C28H26N4O3S/c33-28(25-19-27(21-10-12-29-13-11-21)30-26-7-2-1-6-24(25)26)31-14-16-32(17-15-31)36(34,35)23-9-8-20-4-3-5-22(20)18-23/h1-2,6-13,18-19H,3-5,14-17H2. The number of pyridine rings is 2. The molecule has 0 saturated carbocycles. The van der Waals surface area contributed by atoms with Crippen molar-refractivity contribution < 1.29 is 13.2 Å². The summed E-state index contributed by atoms with van der Waals surface area (Å²) in [5.74, 6) is -0.113. The third kappa shape index (κ3) is 4.06. The molecule has 36 heavy (non-hydrogen) atoms. The summed E-state index contributed by atoms with van der Waals surface area (Å²) in [6.45, 7) is 1.21. The second kappa shape index (κ2) is 9.11. The van der Waals surface area contributed by atoms with E-state index >= 15 is 0 Å². The van der Waals surface area contributed by atoms with E-state index in [1.165, 1.54) is 9.87 Å². The molecule has 1 aliphatic heterocycles. The minimum atomic E-state index is -3.60. The van der Waals surface area contributed by atoms with Crippen LogP contribution in [0.2, 0.25) is 0 Å². The Hall–Kier alpha value is -3.62. The highest BCUT2D eigenvalue weighted by Gasteiger charge is 2.31. The van der Waals surface area contributed by atoms with Gasteiger partial charge >= 0.3 is 0 Å². The molecule has 8 heteroatoms. The molecule has 1 amide bonds. The van der Waals surface area contributed by atoms with Gasteiger partial charge in [0.1, 0.15) is 0 Å². The van der Waals surface area contributed by atoms with Gasteiger partial charge in [-0.1, -0.05) is 24.3 Å². The molecule has 0 bridgehead atoms. The third-order valence-corrected chi connectivity index (χ3v) is 9.05. The summed E-state index contributed by atoms with van der Waals surface area (Å²) in [4.78, 5) is 24.6. The highest BCUT2D eigenvalue weighted by atomic mass is 32.2. The zero-order valence-electron chi connectivity index (χ0n) is 19.8. The topological polar surface area (TPSA) is 83.5 Å². The maximum atomic E-state index is 13.7. The lowest BCUT2D eigenvalue weighted by Crippen LogP contribution is -2.50. The Labute approximate surface area is 210 Å². The van der Waals surface area contributed by atoms with Gasteiger partial charge in [0.2, 0.25) is 10.0 Å². The van der Waals surface area contributed by atoms with Crippen LogP contribution in [0, 0.1) is 0 Å². The van der Waals surface area contributed by atoms with E-state index in [4.69, 9.17) is 4.98 Å². The molecule has 7 nitrogen and oxygen atoms in total. The van der Waals surface area contributed by atoms with Crippen molar-refractivity contribution >= 4 is 26.8 Å². The van der Waals surface area contributed by atoms with E-state index in [0.717, 1.165) is 41.3 Å². The predicted molar refractivity (Wildman–Crippen MR) is 138 cm³/mol. The molecule has 0 radical (unpaired) electrons. The fraction of sp³-hybridized carbons (Fsp3) is 0.250. The van der Waals surface area contributed by atoms with Crippen molar-refractivity contribution in [3.05, 3.63) is 89.7 Å². The summed E-state index contributed by atoms with van der Waals surface area (Å²) >= 11 is 0. The van der Waals surface area contributed by atoms with Gasteiger partial charge in [-0.15, -0.1) is 0 Å². The lowest BCUT2D eigenvalue weighted by molar-refractivity contribution is 0.0700. The molecule has 2 aliphatic rings. The number of piperazine rings is 1. The number of carbonyl (C=O) groups is 1. The summed E-state index contributed by atoms with van der Waals surface area (Å²) in [6.07, 6.45) is 6.43. The molecule has 1 aliphatic carbocycles. The highest BCUT2D eigenvalue weighted by Crippen LogP contribution is 2.28. The van der Waals surface area contributed by atoms with Crippen LogP contribution < -0.4 is 0 Å². The molecule has 0 unspecified atom stereocenters. The van der Waals surface area contributed by atoms with Crippen molar-refractivity contribution in [2.45, 2.75) is 24.2 Å². The molecule has 3 heterocycles. The van der Waals surface area contributed by atoms with E-state index in [9.17, 15) is 13.2 Å². The van der Waals surface area contributed by atoms with E-state index in [-0.39, 0.29) is 19.0 Å². The number of amides is 1. The Balaban J connectivity index is 1.25.